The van der Waals surface area contributed by atoms with Crippen LogP contribution in [0.15, 0.2) is 36.9 Å². The van der Waals surface area contributed by atoms with Crippen molar-refractivity contribution in [2.75, 3.05) is 24.3 Å². The Hall–Kier alpha value is -2.14. The molecule has 0 aliphatic carbocycles. The number of aromatic nitrogens is 2. The molecule has 98 valence electrons. The van der Waals surface area contributed by atoms with Gasteiger partial charge in [-0.1, -0.05) is 11.6 Å². The van der Waals surface area contributed by atoms with Crippen molar-refractivity contribution in [3.05, 3.63) is 47.5 Å². The molecule has 0 unspecified atom stereocenters. The van der Waals surface area contributed by atoms with E-state index in [1.807, 2.05) is 25.1 Å². The van der Waals surface area contributed by atoms with Gasteiger partial charge in [0.2, 0.25) is 0 Å². The van der Waals surface area contributed by atoms with E-state index >= 15 is 0 Å². The zero-order valence-corrected chi connectivity index (χ0v) is 11.3. The summed E-state index contributed by atoms with van der Waals surface area (Å²) in [4.78, 5) is 21.9. The van der Waals surface area contributed by atoms with E-state index < -0.39 is 0 Å². The van der Waals surface area contributed by atoms with Crippen molar-refractivity contribution in [2.24, 2.45) is 0 Å². The topological polar surface area (TPSA) is 58.1 Å². The minimum absolute atomic E-state index is 0.311. The lowest BCUT2D eigenvalue weighted by Gasteiger charge is -2.17. The zero-order valence-electron chi connectivity index (χ0n) is 10.6. The lowest BCUT2D eigenvalue weighted by Crippen LogP contribution is -2.17. The van der Waals surface area contributed by atoms with Crippen LogP contribution in [0, 0.1) is 0 Å². The Morgan fingerprint density at radius 1 is 1.21 bits per heavy atom. The third kappa shape index (κ3) is 3.00. The van der Waals surface area contributed by atoms with Crippen molar-refractivity contribution in [1.82, 2.24) is 9.97 Å². The highest BCUT2D eigenvalue weighted by Crippen LogP contribution is 2.23. The van der Waals surface area contributed by atoms with Crippen LogP contribution in [0.2, 0.25) is 5.02 Å². The van der Waals surface area contributed by atoms with Gasteiger partial charge in [-0.05, 0) is 12.1 Å². The summed E-state index contributed by atoms with van der Waals surface area (Å²) in [7, 11) is 3.78. The standard InChI is InChI=1S/C13H13ClN4O/c1-18(2)12-4-6-16-8-11(12)17-13(19)9-7-15-5-3-10(9)14/h3-8H,1-2H3,(H,17,19). The molecule has 0 aliphatic rings. The average molecular weight is 277 g/mol. The molecule has 19 heavy (non-hydrogen) atoms. The van der Waals surface area contributed by atoms with E-state index in [9.17, 15) is 4.79 Å². The Labute approximate surface area is 116 Å². The first-order valence-electron chi connectivity index (χ1n) is 5.62. The minimum Gasteiger partial charge on any atom is -0.376 e. The van der Waals surface area contributed by atoms with E-state index in [1.54, 1.807) is 18.5 Å². The molecule has 0 spiro atoms. The van der Waals surface area contributed by atoms with Gasteiger partial charge in [0.15, 0.2) is 0 Å². The first-order chi connectivity index (χ1) is 9.09. The number of halogens is 1. The molecular formula is C13H13ClN4O. The molecule has 5 nitrogen and oxygen atoms in total. The molecule has 6 heteroatoms. The predicted molar refractivity (Wildman–Crippen MR) is 75.8 cm³/mol. The summed E-state index contributed by atoms with van der Waals surface area (Å²) in [5.74, 6) is -0.311. The highest BCUT2D eigenvalue weighted by atomic mass is 35.5. The summed E-state index contributed by atoms with van der Waals surface area (Å²) in [6.07, 6.45) is 6.23. The Balaban J connectivity index is 2.27. The van der Waals surface area contributed by atoms with E-state index in [1.165, 1.54) is 12.4 Å². The van der Waals surface area contributed by atoms with Crippen LogP contribution in [0.1, 0.15) is 10.4 Å². The maximum atomic E-state index is 12.1. The fraction of sp³-hybridized carbons (Fsp3) is 0.154. The Kier molecular flexibility index (Phi) is 3.97. The fourth-order valence-corrected chi connectivity index (χ4v) is 1.80. The third-order valence-electron chi connectivity index (χ3n) is 2.54. The molecule has 0 atom stereocenters. The Morgan fingerprint density at radius 3 is 2.58 bits per heavy atom. The number of hydrogen-bond donors (Lipinski definition) is 1. The zero-order chi connectivity index (χ0) is 13.8. The van der Waals surface area contributed by atoms with Crippen molar-refractivity contribution in [3.8, 4) is 0 Å². The van der Waals surface area contributed by atoms with Crippen molar-refractivity contribution in [2.45, 2.75) is 0 Å². The van der Waals surface area contributed by atoms with Crippen LogP contribution < -0.4 is 10.2 Å². The molecule has 2 aromatic heterocycles. The van der Waals surface area contributed by atoms with Gasteiger partial charge in [0.05, 0.1) is 28.2 Å². The fourth-order valence-electron chi connectivity index (χ4n) is 1.61. The number of carbonyl (C=O) groups excluding carboxylic acids is 1. The molecule has 0 radical (unpaired) electrons. The number of rotatable bonds is 3. The summed E-state index contributed by atoms with van der Waals surface area (Å²) in [5.41, 5.74) is 1.82. The van der Waals surface area contributed by atoms with Gasteiger partial charge in [0.1, 0.15) is 0 Å². The first kappa shape index (κ1) is 13.3. The number of nitrogens with zero attached hydrogens (tertiary/aromatic N) is 3. The largest absolute Gasteiger partial charge is 0.376 e. The normalized spacial score (nSPS) is 10.1. The average Bonchev–Trinajstić information content (AvgIpc) is 2.39. The van der Waals surface area contributed by atoms with Crippen molar-refractivity contribution >= 4 is 28.9 Å². The lowest BCUT2D eigenvalue weighted by atomic mass is 10.2. The summed E-state index contributed by atoms with van der Waals surface area (Å²) < 4.78 is 0. The van der Waals surface area contributed by atoms with E-state index in [0.717, 1.165) is 5.69 Å². The maximum Gasteiger partial charge on any atom is 0.258 e. The van der Waals surface area contributed by atoms with Crippen molar-refractivity contribution < 1.29 is 4.79 Å². The van der Waals surface area contributed by atoms with Gasteiger partial charge in [-0.15, -0.1) is 0 Å². The number of nitrogens with one attached hydrogen (secondary N) is 1. The molecule has 0 bridgehead atoms. The number of anilines is 2. The highest BCUT2D eigenvalue weighted by molar-refractivity contribution is 6.34. The second-order valence-electron chi connectivity index (χ2n) is 4.10. The SMILES string of the molecule is CN(C)c1ccncc1NC(=O)c1cnccc1Cl. The smallest absolute Gasteiger partial charge is 0.258 e. The van der Waals surface area contributed by atoms with Crippen LogP contribution in [0.5, 0.6) is 0 Å². The van der Waals surface area contributed by atoms with E-state index in [0.29, 0.717) is 16.3 Å². The summed E-state index contributed by atoms with van der Waals surface area (Å²) in [6, 6.07) is 3.40. The van der Waals surface area contributed by atoms with E-state index in [2.05, 4.69) is 15.3 Å². The monoisotopic (exact) mass is 276 g/mol. The van der Waals surface area contributed by atoms with Crippen LogP contribution in [0.4, 0.5) is 11.4 Å². The van der Waals surface area contributed by atoms with Crippen LogP contribution in [0.25, 0.3) is 0 Å². The summed E-state index contributed by atoms with van der Waals surface area (Å²) >= 11 is 5.96. The first-order valence-corrected chi connectivity index (χ1v) is 5.99. The summed E-state index contributed by atoms with van der Waals surface area (Å²) in [5, 5.41) is 3.15. The van der Waals surface area contributed by atoms with Crippen molar-refractivity contribution in [1.29, 1.82) is 0 Å². The molecule has 0 fully saturated rings. The third-order valence-corrected chi connectivity index (χ3v) is 2.87. The Bertz CT molecular complexity index is 601. The predicted octanol–water partition coefficient (Wildman–Crippen LogP) is 2.45. The molecule has 2 aromatic rings. The van der Waals surface area contributed by atoms with Crippen molar-refractivity contribution in [3.63, 3.8) is 0 Å². The molecule has 1 amide bonds. The molecule has 1 N–H and O–H groups in total. The second kappa shape index (κ2) is 5.67. The Morgan fingerprint density at radius 2 is 1.89 bits per heavy atom. The van der Waals surface area contributed by atoms with Gasteiger partial charge in [0.25, 0.3) is 5.91 Å². The highest BCUT2D eigenvalue weighted by Gasteiger charge is 2.13. The number of hydrogen-bond acceptors (Lipinski definition) is 4. The van der Waals surface area contributed by atoms with Gasteiger partial charge in [-0.25, -0.2) is 0 Å². The van der Waals surface area contributed by atoms with Gasteiger partial charge < -0.3 is 10.2 Å². The molecule has 0 saturated carbocycles. The van der Waals surface area contributed by atoms with Crippen LogP contribution in [0.3, 0.4) is 0 Å². The maximum absolute atomic E-state index is 12.1. The second-order valence-corrected chi connectivity index (χ2v) is 4.50. The molecule has 0 saturated heterocycles. The molecule has 2 rings (SSSR count). The number of amides is 1. The molecule has 2 heterocycles. The van der Waals surface area contributed by atoms with E-state index in [4.69, 9.17) is 11.6 Å². The van der Waals surface area contributed by atoms with Gasteiger partial charge in [-0.2, -0.15) is 0 Å². The quantitative estimate of drug-likeness (QED) is 0.935. The van der Waals surface area contributed by atoms with Gasteiger partial charge in [-0.3, -0.25) is 14.8 Å². The van der Waals surface area contributed by atoms with Crippen LogP contribution in [-0.4, -0.2) is 30.0 Å². The molecule has 0 aromatic carbocycles. The van der Waals surface area contributed by atoms with Gasteiger partial charge >= 0.3 is 0 Å². The lowest BCUT2D eigenvalue weighted by molar-refractivity contribution is 0.102. The number of carbonyl (C=O) groups is 1. The number of pyridine rings is 2. The molecular weight excluding hydrogens is 264 g/mol. The van der Waals surface area contributed by atoms with Gasteiger partial charge in [0, 0.05) is 32.7 Å². The molecule has 0 aliphatic heterocycles. The summed E-state index contributed by atoms with van der Waals surface area (Å²) in [6.45, 7) is 0. The van der Waals surface area contributed by atoms with Crippen LogP contribution >= 0.6 is 11.6 Å². The van der Waals surface area contributed by atoms with E-state index in [-0.39, 0.29) is 5.91 Å². The minimum atomic E-state index is -0.311. The van der Waals surface area contributed by atoms with Crippen LogP contribution in [-0.2, 0) is 0 Å².